The number of hydrogen-bond donors (Lipinski definition) is 1. The highest BCUT2D eigenvalue weighted by Crippen LogP contribution is 2.33. The summed E-state index contributed by atoms with van der Waals surface area (Å²) in [5.41, 5.74) is 1.60. The summed E-state index contributed by atoms with van der Waals surface area (Å²) < 4.78 is 41.1. The van der Waals surface area contributed by atoms with Crippen LogP contribution in [0.25, 0.3) is 0 Å². The van der Waals surface area contributed by atoms with Crippen molar-refractivity contribution in [2.45, 2.75) is 45.1 Å². The normalized spacial score (nSPS) is 20.4. The number of amides is 1. The Morgan fingerprint density at radius 1 is 1.17 bits per heavy atom. The SMILES string of the molecule is Cc1cc(C)cc(S(=O)(=O)N2CCCC(C)(C(=O)NCc3cccc(F)c3)C2)c1. The van der Waals surface area contributed by atoms with Crippen molar-refractivity contribution in [3.05, 3.63) is 65.0 Å². The molecule has 0 aliphatic carbocycles. The van der Waals surface area contributed by atoms with E-state index in [0.717, 1.165) is 11.1 Å². The first-order chi connectivity index (χ1) is 13.6. The van der Waals surface area contributed by atoms with E-state index in [-0.39, 0.29) is 29.7 Å². The Kier molecular flexibility index (Phi) is 6.10. The Hall–Kier alpha value is -2.25. The van der Waals surface area contributed by atoms with Gasteiger partial charge in [-0.2, -0.15) is 4.31 Å². The zero-order valence-electron chi connectivity index (χ0n) is 17.0. The van der Waals surface area contributed by atoms with E-state index in [1.54, 1.807) is 31.2 Å². The number of piperidine rings is 1. The molecule has 2 aromatic rings. The van der Waals surface area contributed by atoms with Crippen molar-refractivity contribution in [1.29, 1.82) is 0 Å². The minimum atomic E-state index is -3.68. The maximum Gasteiger partial charge on any atom is 0.243 e. The molecule has 2 aromatic carbocycles. The smallest absolute Gasteiger partial charge is 0.243 e. The fourth-order valence-corrected chi connectivity index (χ4v) is 5.65. The van der Waals surface area contributed by atoms with E-state index in [9.17, 15) is 17.6 Å². The molecule has 1 aliphatic rings. The van der Waals surface area contributed by atoms with Crippen LogP contribution in [0.3, 0.4) is 0 Å². The molecule has 0 spiro atoms. The lowest BCUT2D eigenvalue weighted by Gasteiger charge is -2.38. The van der Waals surface area contributed by atoms with Crippen LogP contribution in [0, 0.1) is 25.1 Å². The maximum absolute atomic E-state index is 13.3. The van der Waals surface area contributed by atoms with Crippen molar-refractivity contribution in [1.82, 2.24) is 9.62 Å². The number of carbonyl (C=O) groups excluding carboxylic acids is 1. The molecule has 5 nitrogen and oxygen atoms in total. The Balaban J connectivity index is 1.75. The summed E-state index contributed by atoms with van der Waals surface area (Å²) in [7, 11) is -3.68. The van der Waals surface area contributed by atoms with Crippen molar-refractivity contribution < 1.29 is 17.6 Å². The van der Waals surface area contributed by atoms with Gasteiger partial charge in [0.05, 0.1) is 10.3 Å². The van der Waals surface area contributed by atoms with Gasteiger partial charge in [0.25, 0.3) is 0 Å². The number of carbonyl (C=O) groups is 1. The van der Waals surface area contributed by atoms with Crippen molar-refractivity contribution in [3.63, 3.8) is 0 Å². The van der Waals surface area contributed by atoms with E-state index in [1.807, 2.05) is 19.9 Å². The Morgan fingerprint density at radius 3 is 2.52 bits per heavy atom. The van der Waals surface area contributed by atoms with Crippen LogP contribution in [-0.2, 0) is 21.4 Å². The first-order valence-electron chi connectivity index (χ1n) is 9.71. The van der Waals surface area contributed by atoms with Gasteiger partial charge in [-0.1, -0.05) is 18.2 Å². The van der Waals surface area contributed by atoms with Crippen molar-refractivity contribution in [3.8, 4) is 0 Å². The molecule has 1 N–H and O–H groups in total. The number of nitrogens with one attached hydrogen (secondary N) is 1. The lowest BCUT2D eigenvalue weighted by molar-refractivity contribution is -0.132. The number of rotatable bonds is 5. The number of sulfonamides is 1. The van der Waals surface area contributed by atoms with Crippen LogP contribution in [0.5, 0.6) is 0 Å². The molecule has 1 fully saturated rings. The quantitative estimate of drug-likeness (QED) is 0.808. The number of aryl methyl sites for hydroxylation is 2. The van der Waals surface area contributed by atoms with Crippen molar-refractivity contribution in [2.24, 2.45) is 5.41 Å². The molecule has 0 bridgehead atoms. The Morgan fingerprint density at radius 2 is 1.86 bits per heavy atom. The summed E-state index contributed by atoms with van der Waals surface area (Å²) >= 11 is 0. The lowest BCUT2D eigenvalue weighted by Crippen LogP contribution is -2.51. The zero-order valence-corrected chi connectivity index (χ0v) is 17.9. The summed E-state index contributed by atoms with van der Waals surface area (Å²) in [6.07, 6.45) is 1.20. The van der Waals surface area contributed by atoms with Crippen molar-refractivity contribution >= 4 is 15.9 Å². The summed E-state index contributed by atoms with van der Waals surface area (Å²) in [4.78, 5) is 13.1. The van der Waals surface area contributed by atoms with Gasteiger partial charge in [-0.15, -0.1) is 0 Å². The standard InChI is InChI=1S/C22H27FN2O3S/c1-16-10-17(2)12-20(11-16)29(27,28)25-9-5-8-22(3,15-25)21(26)24-14-18-6-4-7-19(23)13-18/h4,6-7,10-13H,5,8-9,14-15H2,1-3H3,(H,24,26). The van der Waals surface area contributed by atoms with E-state index in [4.69, 9.17) is 0 Å². The van der Waals surface area contributed by atoms with E-state index in [1.165, 1.54) is 16.4 Å². The molecule has 156 valence electrons. The summed E-state index contributed by atoms with van der Waals surface area (Å²) in [6.45, 7) is 6.24. The third-order valence-electron chi connectivity index (χ3n) is 5.38. The molecule has 29 heavy (non-hydrogen) atoms. The number of halogens is 1. The summed E-state index contributed by atoms with van der Waals surface area (Å²) in [5.74, 6) is -0.576. The van der Waals surface area contributed by atoms with Crippen LogP contribution in [0.1, 0.15) is 36.5 Å². The minimum Gasteiger partial charge on any atom is -0.352 e. The predicted octanol–water partition coefficient (Wildman–Crippen LogP) is 3.55. The third-order valence-corrected chi connectivity index (χ3v) is 7.21. The van der Waals surface area contributed by atoms with Gasteiger partial charge in [0.1, 0.15) is 5.82 Å². The van der Waals surface area contributed by atoms with Crippen LogP contribution in [0.2, 0.25) is 0 Å². The van der Waals surface area contributed by atoms with E-state index < -0.39 is 15.4 Å². The second kappa shape index (κ2) is 8.24. The summed E-state index contributed by atoms with van der Waals surface area (Å²) in [6, 6.07) is 11.3. The highest BCUT2D eigenvalue weighted by atomic mass is 32.2. The second-order valence-corrected chi connectivity index (χ2v) is 10.1. The van der Waals surface area contributed by atoms with E-state index in [0.29, 0.717) is 24.9 Å². The van der Waals surface area contributed by atoms with E-state index in [2.05, 4.69) is 5.32 Å². The number of benzene rings is 2. The van der Waals surface area contributed by atoms with Gasteiger partial charge >= 0.3 is 0 Å². The largest absolute Gasteiger partial charge is 0.352 e. The molecular formula is C22H27FN2O3S. The molecule has 3 rings (SSSR count). The lowest BCUT2D eigenvalue weighted by atomic mass is 9.82. The molecule has 0 saturated carbocycles. The van der Waals surface area contributed by atoms with Gasteiger partial charge < -0.3 is 5.32 Å². The molecule has 1 heterocycles. The summed E-state index contributed by atoms with van der Waals surface area (Å²) in [5, 5.41) is 2.84. The Bertz CT molecular complexity index is 1000. The van der Waals surface area contributed by atoms with Gasteiger partial charge in [0.15, 0.2) is 0 Å². The molecule has 7 heteroatoms. The second-order valence-electron chi connectivity index (χ2n) is 8.14. The monoisotopic (exact) mass is 418 g/mol. The van der Waals surface area contributed by atoms with Gasteiger partial charge in [-0.3, -0.25) is 4.79 Å². The molecule has 1 unspecified atom stereocenters. The third kappa shape index (κ3) is 4.85. The van der Waals surface area contributed by atoms with Crippen LogP contribution < -0.4 is 5.32 Å². The predicted molar refractivity (Wildman–Crippen MR) is 110 cm³/mol. The minimum absolute atomic E-state index is 0.122. The van der Waals surface area contributed by atoms with Gasteiger partial charge in [-0.05, 0) is 74.6 Å². The zero-order chi connectivity index (χ0) is 21.2. The first kappa shape index (κ1) is 21.5. The fraction of sp³-hybridized carbons (Fsp3) is 0.409. The van der Waals surface area contributed by atoms with Crippen molar-refractivity contribution in [2.75, 3.05) is 13.1 Å². The number of nitrogens with zero attached hydrogens (tertiary/aromatic N) is 1. The maximum atomic E-state index is 13.3. The highest BCUT2D eigenvalue weighted by Gasteiger charge is 2.41. The van der Waals surface area contributed by atoms with Crippen LogP contribution in [0.4, 0.5) is 4.39 Å². The molecule has 1 atom stereocenters. The average molecular weight is 419 g/mol. The van der Waals surface area contributed by atoms with Crippen LogP contribution >= 0.6 is 0 Å². The molecule has 1 amide bonds. The molecule has 0 radical (unpaired) electrons. The molecule has 0 aromatic heterocycles. The van der Waals surface area contributed by atoms with Crippen LogP contribution in [-0.4, -0.2) is 31.7 Å². The molecule has 1 saturated heterocycles. The first-order valence-corrected chi connectivity index (χ1v) is 11.2. The molecular weight excluding hydrogens is 391 g/mol. The average Bonchev–Trinajstić information content (AvgIpc) is 2.65. The fourth-order valence-electron chi connectivity index (χ4n) is 3.86. The van der Waals surface area contributed by atoms with Gasteiger partial charge in [0.2, 0.25) is 15.9 Å². The van der Waals surface area contributed by atoms with E-state index >= 15 is 0 Å². The highest BCUT2D eigenvalue weighted by molar-refractivity contribution is 7.89. The molecule has 1 aliphatic heterocycles. The van der Waals surface area contributed by atoms with Gasteiger partial charge in [0, 0.05) is 19.6 Å². The number of hydrogen-bond acceptors (Lipinski definition) is 3. The Labute approximate surface area is 172 Å². The topological polar surface area (TPSA) is 66.5 Å². The van der Waals surface area contributed by atoms with Gasteiger partial charge in [-0.25, -0.2) is 12.8 Å². The van der Waals surface area contributed by atoms with Crippen LogP contribution in [0.15, 0.2) is 47.4 Å².